The molecule has 4 aromatic rings. The molecule has 4 rings (SSSR count). The molecule has 2 aromatic heterocycles. The summed E-state index contributed by atoms with van der Waals surface area (Å²) in [4.78, 5) is 15.9. The summed E-state index contributed by atoms with van der Waals surface area (Å²) in [5.41, 5.74) is 2.94. The van der Waals surface area contributed by atoms with E-state index in [0.29, 0.717) is 45.7 Å². The molecule has 0 saturated carbocycles. The zero-order chi connectivity index (χ0) is 21.3. The van der Waals surface area contributed by atoms with E-state index >= 15 is 0 Å². The van der Waals surface area contributed by atoms with Gasteiger partial charge in [0.1, 0.15) is 6.26 Å². The van der Waals surface area contributed by atoms with Crippen molar-refractivity contribution in [2.45, 2.75) is 18.7 Å². The van der Waals surface area contributed by atoms with E-state index in [-0.39, 0.29) is 10.8 Å². The first kappa shape index (κ1) is 19.6. The Kier molecular flexibility index (Phi) is 4.96. The van der Waals surface area contributed by atoms with Crippen LogP contribution in [0, 0.1) is 13.8 Å². The van der Waals surface area contributed by atoms with E-state index in [9.17, 15) is 13.2 Å². The lowest BCUT2D eigenvalue weighted by molar-refractivity contribution is 0.112. The van der Waals surface area contributed by atoms with Gasteiger partial charge in [0.2, 0.25) is 11.8 Å². The van der Waals surface area contributed by atoms with Crippen molar-refractivity contribution in [2.75, 3.05) is 4.72 Å². The molecule has 30 heavy (non-hydrogen) atoms. The van der Waals surface area contributed by atoms with Gasteiger partial charge in [0.15, 0.2) is 6.29 Å². The van der Waals surface area contributed by atoms with Crippen LogP contribution in [-0.4, -0.2) is 24.8 Å². The molecule has 2 heterocycles. The first-order valence-corrected chi connectivity index (χ1v) is 10.4. The summed E-state index contributed by atoms with van der Waals surface area (Å²) in [6.07, 6.45) is 3.61. The fourth-order valence-corrected chi connectivity index (χ4v) is 4.29. The van der Waals surface area contributed by atoms with Gasteiger partial charge in [0, 0.05) is 22.3 Å². The maximum Gasteiger partial charge on any atom is 0.264 e. The van der Waals surface area contributed by atoms with Gasteiger partial charge in [0.25, 0.3) is 10.0 Å². The molecule has 0 aliphatic carbocycles. The van der Waals surface area contributed by atoms with Gasteiger partial charge >= 0.3 is 0 Å². The molecular weight excluding hydrogens is 406 g/mol. The van der Waals surface area contributed by atoms with E-state index in [1.807, 2.05) is 0 Å². The lowest BCUT2D eigenvalue weighted by atomic mass is 9.98. The topological polar surface area (TPSA) is 115 Å². The predicted molar refractivity (Wildman–Crippen MR) is 110 cm³/mol. The first-order valence-electron chi connectivity index (χ1n) is 8.95. The number of hydrogen-bond donors (Lipinski definition) is 1. The van der Waals surface area contributed by atoms with Gasteiger partial charge in [0.05, 0.1) is 16.8 Å². The van der Waals surface area contributed by atoms with E-state index in [0.717, 1.165) is 0 Å². The number of anilines is 1. The second kappa shape index (κ2) is 7.60. The Bertz CT molecular complexity index is 1320. The Balaban J connectivity index is 1.80. The molecule has 8 nitrogen and oxygen atoms in total. The molecule has 0 radical (unpaired) electrons. The number of rotatable bonds is 6. The molecule has 0 aliphatic rings. The van der Waals surface area contributed by atoms with Crippen molar-refractivity contribution < 1.29 is 22.2 Å². The lowest BCUT2D eigenvalue weighted by Gasteiger charge is -2.13. The summed E-state index contributed by atoms with van der Waals surface area (Å²) >= 11 is 0. The number of nitrogens with zero attached hydrogens (tertiary/aromatic N) is 2. The molecule has 2 aromatic carbocycles. The van der Waals surface area contributed by atoms with Gasteiger partial charge in [-0.3, -0.25) is 4.79 Å². The predicted octanol–water partition coefficient (Wildman–Crippen LogP) is 4.23. The maximum atomic E-state index is 13.1. The molecule has 0 spiro atoms. The summed E-state index contributed by atoms with van der Waals surface area (Å²) in [6.45, 7) is 3.43. The van der Waals surface area contributed by atoms with Crippen molar-refractivity contribution in [1.29, 1.82) is 0 Å². The van der Waals surface area contributed by atoms with Crippen LogP contribution < -0.4 is 4.72 Å². The summed E-state index contributed by atoms with van der Waals surface area (Å²) < 4.78 is 39.0. The molecule has 0 aliphatic heterocycles. The molecule has 0 atom stereocenters. The highest BCUT2D eigenvalue weighted by Crippen LogP contribution is 2.33. The fraction of sp³-hybridized carbons (Fsp3) is 0.0952. The summed E-state index contributed by atoms with van der Waals surface area (Å²) in [6, 6.07) is 11.4. The van der Waals surface area contributed by atoms with Crippen LogP contribution in [0.1, 0.15) is 21.6 Å². The van der Waals surface area contributed by atoms with Crippen LogP contribution in [0.15, 0.2) is 68.8 Å². The van der Waals surface area contributed by atoms with Gasteiger partial charge in [-0.25, -0.2) is 18.1 Å². The Hall–Kier alpha value is -3.72. The number of sulfonamides is 1. The third kappa shape index (κ3) is 3.50. The molecule has 0 amide bonds. The van der Waals surface area contributed by atoms with Gasteiger partial charge in [-0.15, -0.1) is 0 Å². The number of carbonyl (C=O) groups excluding carboxylic acids is 1. The second-order valence-electron chi connectivity index (χ2n) is 6.58. The van der Waals surface area contributed by atoms with Crippen molar-refractivity contribution >= 4 is 22.2 Å². The molecule has 1 N–H and O–H groups in total. The number of aromatic nitrogens is 2. The number of nitrogens with one attached hydrogen (secondary N) is 1. The Morgan fingerprint density at radius 1 is 1.07 bits per heavy atom. The minimum absolute atomic E-state index is 0.00502. The van der Waals surface area contributed by atoms with Crippen molar-refractivity contribution in [3.05, 3.63) is 71.7 Å². The van der Waals surface area contributed by atoms with E-state index in [1.54, 1.807) is 50.2 Å². The molecule has 0 saturated heterocycles. The monoisotopic (exact) mass is 423 g/mol. The van der Waals surface area contributed by atoms with Crippen LogP contribution in [-0.2, 0) is 10.0 Å². The number of aryl methyl sites for hydroxylation is 1. The zero-order valence-corrected chi connectivity index (χ0v) is 16.9. The number of carbonyl (C=O) groups is 1. The van der Waals surface area contributed by atoms with E-state index < -0.39 is 10.0 Å². The molecule has 9 heteroatoms. The molecular formula is C21H17N3O5S. The van der Waals surface area contributed by atoms with Crippen LogP contribution in [0.3, 0.4) is 0 Å². The molecule has 0 unspecified atom stereocenters. The van der Waals surface area contributed by atoms with Gasteiger partial charge in [-0.05, 0) is 37.6 Å². The number of benzene rings is 2. The highest BCUT2D eigenvalue weighted by atomic mass is 32.2. The number of aldehydes is 1. The smallest absolute Gasteiger partial charge is 0.264 e. The van der Waals surface area contributed by atoms with Crippen molar-refractivity contribution in [2.24, 2.45) is 0 Å². The highest BCUT2D eigenvalue weighted by Gasteiger charge is 2.24. The number of hydrogen-bond acceptors (Lipinski definition) is 7. The standard InChI is InChI=1S/C21H17N3O5S/c1-13-14(2)23-29-20(13)24-30(26,27)19-6-4-3-5-18(19)17-8-7-15(11-16(17)12-25)21-22-9-10-28-21/h3-12,24H,1-2H3. The van der Waals surface area contributed by atoms with Crippen molar-refractivity contribution in [1.82, 2.24) is 10.1 Å². The Morgan fingerprint density at radius 2 is 1.87 bits per heavy atom. The van der Waals surface area contributed by atoms with Crippen LogP contribution in [0.2, 0.25) is 0 Å². The third-order valence-corrected chi connectivity index (χ3v) is 6.10. The third-order valence-electron chi connectivity index (χ3n) is 4.71. The van der Waals surface area contributed by atoms with E-state index in [4.69, 9.17) is 8.94 Å². The fourth-order valence-electron chi connectivity index (χ4n) is 3.02. The lowest BCUT2D eigenvalue weighted by Crippen LogP contribution is -2.14. The normalized spacial score (nSPS) is 11.4. The second-order valence-corrected chi connectivity index (χ2v) is 8.23. The highest BCUT2D eigenvalue weighted by molar-refractivity contribution is 7.92. The Morgan fingerprint density at radius 3 is 2.53 bits per heavy atom. The minimum Gasteiger partial charge on any atom is -0.445 e. The molecule has 0 bridgehead atoms. The van der Waals surface area contributed by atoms with Crippen LogP contribution >= 0.6 is 0 Å². The van der Waals surface area contributed by atoms with Crippen molar-refractivity contribution in [3.63, 3.8) is 0 Å². The first-order chi connectivity index (χ1) is 14.4. The van der Waals surface area contributed by atoms with Crippen LogP contribution in [0.25, 0.3) is 22.6 Å². The van der Waals surface area contributed by atoms with E-state index in [2.05, 4.69) is 14.9 Å². The van der Waals surface area contributed by atoms with Gasteiger partial charge in [-0.1, -0.05) is 29.4 Å². The maximum absolute atomic E-state index is 13.1. The van der Waals surface area contributed by atoms with Gasteiger partial charge < -0.3 is 8.94 Å². The average molecular weight is 423 g/mol. The summed E-state index contributed by atoms with van der Waals surface area (Å²) in [5.74, 6) is 0.417. The van der Waals surface area contributed by atoms with E-state index in [1.165, 1.54) is 18.5 Å². The average Bonchev–Trinajstić information content (AvgIpc) is 3.39. The van der Waals surface area contributed by atoms with Crippen molar-refractivity contribution in [3.8, 4) is 22.6 Å². The Labute approximate surface area is 172 Å². The summed E-state index contributed by atoms with van der Waals surface area (Å²) in [7, 11) is -4.01. The quantitative estimate of drug-likeness (QED) is 0.462. The van der Waals surface area contributed by atoms with Crippen LogP contribution in [0.4, 0.5) is 5.88 Å². The summed E-state index contributed by atoms with van der Waals surface area (Å²) in [5, 5.41) is 3.77. The number of oxazole rings is 1. The minimum atomic E-state index is -4.01. The van der Waals surface area contributed by atoms with Crippen LogP contribution in [0.5, 0.6) is 0 Å². The molecule has 0 fully saturated rings. The largest absolute Gasteiger partial charge is 0.445 e. The zero-order valence-electron chi connectivity index (χ0n) is 16.1. The molecule has 152 valence electrons. The van der Waals surface area contributed by atoms with Gasteiger partial charge in [-0.2, -0.15) is 0 Å². The SMILES string of the molecule is Cc1noc(NS(=O)(=O)c2ccccc2-c2ccc(-c3ncco3)cc2C=O)c1C.